The molecule has 0 fully saturated rings. The topological polar surface area (TPSA) is 0 Å². The van der Waals surface area contributed by atoms with Crippen molar-refractivity contribution in [1.29, 1.82) is 0 Å². The molecule has 0 N–H and O–H groups in total. The minimum atomic E-state index is 1.18. The number of rotatable bonds is 15. The van der Waals surface area contributed by atoms with Crippen LogP contribution in [-0.4, -0.2) is 0 Å². The Balaban J connectivity index is 1.26. The van der Waals surface area contributed by atoms with Crippen LogP contribution in [0.1, 0.15) is 76.3 Å². The van der Waals surface area contributed by atoms with Crippen LogP contribution in [0.3, 0.4) is 0 Å². The van der Waals surface area contributed by atoms with Gasteiger partial charge in [-0.05, 0) is 96.1 Å². The zero-order valence-electron chi connectivity index (χ0n) is 24.4. The lowest BCUT2D eigenvalue weighted by Gasteiger charge is -2.02. The quantitative estimate of drug-likeness (QED) is 0.0960. The molecule has 0 aliphatic carbocycles. The maximum atomic E-state index is 2.48. The van der Waals surface area contributed by atoms with Crippen molar-refractivity contribution < 1.29 is 0 Å². The monoisotopic (exact) mass is 662 g/mol. The molecule has 42 heavy (non-hydrogen) atoms. The van der Waals surface area contributed by atoms with Gasteiger partial charge in [-0.2, -0.15) is 0 Å². The van der Waals surface area contributed by atoms with Crippen LogP contribution >= 0.6 is 68.0 Å². The SMILES string of the molecule is CCCCCCc1cc(-c2cccs2)sc1-c1ccc(-c2ccc(-c3sc(-c4cccs4)cc3CCCCCC)s2)s1. The highest BCUT2D eigenvalue weighted by Gasteiger charge is 2.18. The second-order valence-corrected chi connectivity index (χ2v) is 17.0. The lowest BCUT2D eigenvalue weighted by atomic mass is 10.1. The van der Waals surface area contributed by atoms with Crippen molar-refractivity contribution in [3.8, 4) is 48.8 Å². The van der Waals surface area contributed by atoms with Crippen molar-refractivity contribution in [2.24, 2.45) is 0 Å². The standard InChI is InChI=1S/C36H38S6/c1-3-5-7-9-13-25-23-33(27-15-11-21-37-27)41-35(25)31-19-17-29(39-31)30-18-20-32(40-30)36-26(14-10-8-6-4-2)24-34(42-36)28-16-12-22-38-28/h11-12,15-24H,3-10,13-14H2,1-2H3. The molecule has 0 atom stereocenters. The fraction of sp³-hybridized carbons (Fsp3) is 0.333. The zero-order chi connectivity index (χ0) is 28.7. The highest BCUT2D eigenvalue weighted by Crippen LogP contribution is 2.48. The van der Waals surface area contributed by atoms with Crippen LogP contribution in [0.5, 0.6) is 0 Å². The van der Waals surface area contributed by atoms with E-state index in [1.165, 1.54) is 124 Å². The average Bonchev–Trinajstić information content (AvgIpc) is 3.83. The summed E-state index contributed by atoms with van der Waals surface area (Å²) in [5.41, 5.74) is 3.07. The van der Waals surface area contributed by atoms with Gasteiger partial charge in [-0.15, -0.1) is 68.0 Å². The van der Waals surface area contributed by atoms with Gasteiger partial charge in [-0.3, -0.25) is 0 Å². The van der Waals surface area contributed by atoms with Gasteiger partial charge in [0.1, 0.15) is 0 Å². The number of hydrogen-bond acceptors (Lipinski definition) is 6. The molecule has 0 spiro atoms. The molecule has 6 rings (SSSR count). The summed E-state index contributed by atoms with van der Waals surface area (Å²) in [5.74, 6) is 0. The zero-order valence-corrected chi connectivity index (χ0v) is 29.3. The first-order chi connectivity index (χ1) is 20.7. The first kappa shape index (κ1) is 30.2. The predicted octanol–water partition coefficient (Wildman–Crippen LogP) is 14.6. The first-order valence-electron chi connectivity index (χ1n) is 15.3. The third kappa shape index (κ3) is 7.11. The third-order valence-electron chi connectivity index (χ3n) is 7.65. The molecule has 0 aliphatic rings. The summed E-state index contributed by atoms with van der Waals surface area (Å²) in [6.45, 7) is 4.59. The van der Waals surface area contributed by atoms with E-state index in [2.05, 4.69) is 85.3 Å². The summed E-state index contributed by atoms with van der Waals surface area (Å²) in [6, 6.07) is 23.3. The van der Waals surface area contributed by atoms with Gasteiger partial charge in [-0.25, -0.2) is 0 Å². The van der Waals surface area contributed by atoms with E-state index in [1.807, 2.05) is 68.0 Å². The molecular weight excluding hydrogens is 625 g/mol. The van der Waals surface area contributed by atoms with E-state index in [1.54, 1.807) is 0 Å². The molecule has 0 radical (unpaired) electrons. The van der Waals surface area contributed by atoms with Crippen LogP contribution < -0.4 is 0 Å². The van der Waals surface area contributed by atoms with E-state index in [-0.39, 0.29) is 0 Å². The Morgan fingerprint density at radius 2 is 0.881 bits per heavy atom. The van der Waals surface area contributed by atoms with Crippen molar-refractivity contribution in [3.05, 3.63) is 82.6 Å². The molecule has 0 bridgehead atoms. The molecule has 0 unspecified atom stereocenters. The number of aryl methyl sites for hydroxylation is 2. The van der Waals surface area contributed by atoms with Gasteiger partial charge in [0, 0.05) is 48.8 Å². The predicted molar refractivity (Wildman–Crippen MR) is 197 cm³/mol. The Morgan fingerprint density at radius 1 is 0.429 bits per heavy atom. The molecular formula is C36H38S6. The maximum absolute atomic E-state index is 2.48. The van der Waals surface area contributed by atoms with Crippen molar-refractivity contribution in [2.75, 3.05) is 0 Å². The normalized spacial score (nSPS) is 11.6. The molecule has 0 aromatic carbocycles. The molecule has 6 aromatic rings. The Kier molecular flexibility index (Phi) is 10.6. The summed E-state index contributed by atoms with van der Waals surface area (Å²) in [4.78, 5) is 14.2. The number of unbranched alkanes of at least 4 members (excludes halogenated alkanes) is 6. The minimum absolute atomic E-state index is 1.18. The summed E-state index contributed by atoms with van der Waals surface area (Å²) in [5, 5.41) is 4.39. The van der Waals surface area contributed by atoms with Gasteiger partial charge >= 0.3 is 0 Å². The van der Waals surface area contributed by atoms with E-state index in [9.17, 15) is 0 Å². The molecule has 0 amide bonds. The van der Waals surface area contributed by atoms with Crippen LogP contribution in [0, 0.1) is 0 Å². The van der Waals surface area contributed by atoms with Gasteiger partial charge in [0.15, 0.2) is 0 Å². The van der Waals surface area contributed by atoms with Crippen LogP contribution in [0.2, 0.25) is 0 Å². The molecule has 0 aliphatic heterocycles. The van der Waals surface area contributed by atoms with E-state index in [0.717, 1.165) is 0 Å². The van der Waals surface area contributed by atoms with E-state index in [0.29, 0.717) is 0 Å². The summed E-state index contributed by atoms with van der Waals surface area (Å²) in [7, 11) is 0. The summed E-state index contributed by atoms with van der Waals surface area (Å²) in [6.07, 6.45) is 12.8. The Morgan fingerprint density at radius 3 is 1.29 bits per heavy atom. The van der Waals surface area contributed by atoms with E-state index in [4.69, 9.17) is 0 Å². The van der Waals surface area contributed by atoms with Crippen molar-refractivity contribution in [3.63, 3.8) is 0 Å². The molecule has 0 saturated carbocycles. The fourth-order valence-corrected chi connectivity index (χ4v) is 11.9. The van der Waals surface area contributed by atoms with Crippen LogP contribution in [0.15, 0.2) is 71.4 Å². The van der Waals surface area contributed by atoms with Crippen molar-refractivity contribution >= 4 is 68.0 Å². The Hall–Kier alpha value is -1.80. The lowest BCUT2D eigenvalue weighted by molar-refractivity contribution is 0.668. The average molecular weight is 663 g/mol. The number of hydrogen-bond donors (Lipinski definition) is 0. The van der Waals surface area contributed by atoms with Crippen molar-refractivity contribution in [2.45, 2.75) is 78.1 Å². The minimum Gasteiger partial charge on any atom is -0.143 e. The molecule has 6 aromatic heterocycles. The molecule has 6 heteroatoms. The smallest absolute Gasteiger partial charge is 0.0481 e. The van der Waals surface area contributed by atoms with Gasteiger partial charge in [-0.1, -0.05) is 64.5 Å². The summed E-state index contributed by atoms with van der Waals surface area (Å²) < 4.78 is 0. The van der Waals surface area contributed by atoms with Crippen LogP contribution in [-0.2, 0) is 12.8 Å². The second kappa shape index (κ2) is 14.8. The first-order valence-corrected chi connectivity index (χ1v) is 20.3. The Bertz CT molecular complexity index is 1530. The summed E-state index contributed by atoms with van der Waals surface area (Å²) >= 11 is 11.6. The molecule has 218 valence electrons. The van der Waals surface area contributed by atoms with Crippen LogP contribution in [0.25, 0.3) is 48.8 Å². The van der Waals surface area contributed by atoms with Gasteiger partial charge in [0.2, 0.25) is 0 Å². The Labute approximate surface area is 275 Å². The van der Waals surface area contributed by atoms with Gasteiger partial charge in [0.05, 0.1) is 0 Å². The maximum Gasteiger partial charge on any atom is 0.0481 e. The molecule has 0 nitrogen and oxygen atoms in total. The van der Waals surface area contributed by atoms with E-state index < -0.39 is 0 Å². The fourth-order valence-electron chi connectivity index (χ4n) is 5.40. The molecule has 6 heterocycles. The molecule has 0 saturated heterocycles. The van der Waals surface area contributed by atoms with Crippen molar-refractivity contribution in [1.82, 2.24) is 0 Å². The highest BCUT2D eigenvalue weighted by molar-refractivity contribution is 7.30. The third-order valence-corrected chi connectivity index (χ3v) is 14.9. The van der Waals surface area contributed by atoms with Gasteiger partial charge < -0.3 is 0 Å². The second-order valence-electron chi connectivity index (χ2n) is 10.8. The van der Waals surface area contributed by atoms with E-state index >= 15 is 0 Å². The lowest BCUT2D eigenvalue weighted by Crippen LogP contribution is -1.85. The van der Waals surface area contributed by atoms with Gasteiger partial charge in [0.25, 0.3) is 0 Å². The highest BCUT2D eigenvalue weighted by atomic mass is 32.1. The largest absolute Gasteiger partial charge is 0.143 e. The van der Waals surface area contributed by atoms with Crippen LogP contribution in [0.4, 0.5) is 0 Å². The number of thiophene rings is 6.